The van der Waals surface area contributed by atoms with E-state index in [1.165, 1.54) is 13.0 Å². The van der Waals surface area contributed by atoms with Crippen molar-refractivity contribution in [2.24, 2.45) is 0 Å². The number of rotatable bonds is 6. The number of aromatic nitrogens is 2. The normalized spacial score (nSPS) is 17.1. The predicted octanol–water partition coefficient (Wildman–Crippen LogP) is 5.72. The zero-order chi connectivity index (χ0) is 28.0. The molecule has 0 spiro atoms. The van der Waals surface area contributed by atoms with Gasteiger partial charge in [0.25, 0.3) is 0 Å². The number of nitrogens with zero attached hydrogens (tertiary/aromatic N) is 3. The van der Waals surface area contributed by atoms with Gasteiger partial charge in [-0.25, -0.2) is 9.97 Å². The van der Waals surface area contributed by atoms with Crippen molar-refractivity contribution >= 4 is 40.8 Å². The maximum atomic E-state index is 13.5. The number of amides is 1. The molecule has 0 bridgehead atoms. The fourth-order valence-electron chi connectivity index (χ4n) is 5.05. The number of fused-ring (bicyclic) bond motifs is 1. The molecule has 1 fully saturated rings. The van der Waals surface area contributed by atoms with E-state index in [4.69, 9.17) is 0 Å². The molecule has 1 aliphatic heterocycles. The first kappa shape index (κ1) is 27.9. The SMILES string of the molecule is CC(=O)N1CC[C@@H](Nc2cc3c(N[C@H](C)c4cccc(C(F)(F)F)c4C)nc(C)nc3cc2P(C)(C)=O)C1. The Balaban J connectivity index is 1.76. The Hall–Kier alpha value is -3.13. The first-order valence-electron chi connectivity index (χ1n) is 12.5. The number of hydrogen-bond acceptors (Lipinski definition) is 6. The van der Waals surface area contributed by atoms with Gasteiger partial charge in [0, 0.05) is 42.4 Å². The van der Waals surface area contributed by atoms with Crippen LogP contribution in [0.4, 0.5) is 24.7 Å². The summed E-state index contributed by atoms with van der Waals surface area (Å²) in [5.41, 5.74) is 1.28. The van der Waals surface area contributed by atoms with Gasteiger partial charge >= 0.3 is 6.18 Å². The van der Waals surface area contributed by atoms with E-state index in [0.29, 0.717) is 52.2 Å². The number of likely N-dealkylation sites (tertiary alicyclic amines) is 1. The molecule has 3 aromatic rings. The maximum absolute atomic E-state index is 13.5. The van der Waals surface area contributed by atoms with Gasteiger partial charge < -0.3 is 20.1 Å². The van der Waals surface area contributed by atoms with Crippen LogP contribution in [0.2, 0.25) is 0 Å². The lowest BCUT2D eigenvalue weighted by atomic mass is 9.97. The van der Waals surface area contributed by atoms with Crippen LogP contribution in [0.25, 0.3) is 10.9 Å². The van der Waals surface area contributed by atoms with Crippen LogP contribution in [-0.4, -0.2) is 53.2 Å². The number of carbonyl (C=O) groups is 1. The number of carbonyl (C=O) groups excluding carboxylic acids is 1. The summed E-state index contributed by atoms with van der Waals surface area (Å²) in [5, 5.41) is 8.08. The number of hydrogen-bond donors (Lipinski definition) is 2. The number of nitrogens with one attached hydrogen (secondary N) is 2. The van der Waals surface area contributed by atoms with Crippen LogP contribution >= 0.6 is 7.14 Å². The Morgan fingerprint density at radius 2 is 1.89 bits per heavy atom. The molecule has 1 amide bonds. The second-order valence-corrected chi connectivity index (χ2v) is 13.5. The van der Waals surface area contributed by atoms with E-state index in [1.807, 2.05) is 6.07 Å². The summed E-state index contributed by atoms with van der Waals surface area (Å²) in [5.74, 6) is 0.971. The van der Waals surface area contributed by atoms with Gasteiger partial charge in [-0.1, -0.05) is 12.1 Å². The van der Waals surface area contributed by atoms with E-state index in [-0.39, 0.29) is 17.5 Å². The second-order valence-electron chi connectivity index (χ2n) is 10.3. The molecular weight excluding hydrogens is 514 g/mol. The van der Waals surface area contributed by atoms with E-state index in [0.717, 1.165) is 12.5 Å². The van der Waals surface area contributed by atoms with Gasteiger partial charge in [0.1, 0.15) is 18.8 Å². The highest BCUT2D eigenvalue weighted by molar-refractivity contribution is 7.70. The van der Waals surface area contributed by atoms with E-state index in [1.54, 1.807) is 51.1 Å². The molecule has 4 rings (SSSR count). The lowest BCUT2D eigenvalue weighted by Gasteiger charge is -2.23. The molecule has 38 heavy (non-hydrogen) atoms. The Morgan fingerprint density at radius 3 is 2.50 bits per heavy atom. The molecule has 0 radical (unpaired) electrons. The molecule has 2 heterocycles. The smallest absolute Gasteiger partial charge is 0.380 e. The third-order valence-corrected chi connectivity index (χ3v) is 8.53. The Morgan fingerprint density at radius 1 is 1.18 bits per heavy atom. The van der Waals surface area contributed by atoms with E-state index < -0.39 is 24.9 Å². The molecule has 1 aromatic heterocycles. The average Bonchev–Trinajstić information content (AvgIpc) is 3.26. The highest BCUT2D eigenvalue weighted by Gasteiger charge is 2.33. The Bertz CT molecular complexity index is 1440. The van der Waals surface area contributed by atoms with Crippen molar-refractivity contribution in [2.75, 3.05) is 37.1 Å². The van der Waals surface area contributed by atoms with Crippen molar-refractivity contribution in [2.45, 2.75) is 52.4 Å². The molecule has 2 atom stereocenters. The second kappa shape index (κ2) is 10.2. The van der Waals surface area contributed by atoms with Crippen LogP contribution in [0.15, 0.2) is 30.3 Å². The van der Waals surface area contributed by atoms with Gasteiger partial charge in [-0.2, -0.15) is 13.2 Å². The summed E-state index contributed by atoms with van der Waals surface area (Å²) >= 11 is 0. The molecule has 1 aliphatic rings. The van der Waals surface area contributed by atoms with Crippen LogP contribution in [-0.2, 0) is 15.5 Å². The third-order valence-electron chi connectivity index (χ3n) is 7.00. The van der Waals surface area contributed by atoms with Crippen molar-refractivity contribution in [3.63, 3.8) is 0 Å². The monoisotopic (exact) mass is 547 g/mol. The zero-order valence-corrected chi connectivity index (χ0v) is 23.3. The van der Waals surface area contributed by atoms with Crippen LogP contribution in [0.3, 0.4) is 0 Å². The van der Waals surface area contributed by atoms with Gasteiger partial charge in [0.15, 0.2) is 0 Å². The first-order chi connectivity index (χ1) is 17.6. The van der Waals surface area contributed by atoms with E-state index in [2.05, 4.69) is 20.6 Å². The van der Waals surface area contributed by atoms with Crippen molar-refractivity contribution in [1.82, 2.24) is 14.9 Å². The molecule has 0 aliphatic carbocycles. The Kier molecular flexibility index (Phi) is 7.49. The molecule has 204 valence electrons. The van der Waals surface area contributed by atoms with Crippen molar-refractivity contribution in [3.8, 4) is 0 Å². The third kappa shape index (κ3) is 5.80. The van der Waals surface area contributed by atoms with Gasteiger partial charge in [-0.15, -0.1) is 0 Å². The minimum absolute atomic E-state index is 0.00360. The lowest BCUT2D eigenvalue weighted by molar-refractivity contribution is -0.138. The molecule has 0 unspecified atom stereocenters. The topological polar surface area (TPSA) is 87.2 Å². The molecule has 2 N–H and O–H groups in total. The maximum Gasteiger partial charge on any atom is 0.416 e. The predicted molar refractivity (Wildman–Crippen MR) is 146 cm³/mol. The summed E-state index contributed by atoms with van der Waals surface area (Å²) in [7, 11) is -2.72. The molecule has 11 heteroatoms. The highest BCUT2D eigenvalue weighted by atomic mass is 31.2. The van der Waals surface area contributed by atoms with Gasteiger partial charge in [0.05, 0.1) is 17.1 Å². The van der Waals surface area contributed by atoms with Gasteiger partial charge in [-0.3, -0.25) is 4.79 Å². The summed E-state index contributed by atoms with van der Waals surface area (Å²) in [6.45, 7) is 11.1. The molecule has 1 saturated heterocycles. The number of alkyl halides is 3. The first-order valence-corrected chi connectivity index (χ1v) is 15.1. The summed E-state index contributed by atoms with van der Waals surface area (Å²) < 4.78 is 53.8. The van der Waals surface area contributed by atoms with Crippen molar-refractivity contribution in [3.05, 3.63) is 52.8 Å². The minimum Gasteiger partial charge on any atom is -0.380 e. The van der Waals surface area contributed by atoms with E-state index >= 15 is 0 Å². The zero-order valence-electron chi connectivity index (χ0n) is 22.4. The largest absolute Gasteiger partial charge is 0.416 e. The van der Waals surface area contributed by atoms with Crippen LogP contribution in [0, 0.1) is 13.8 Å². The number of aryl methyl sites for hydroxylation is 1. The van der Waals surface area contributed by atoms with Gasteiger partial charge in [0.2, 0.25) is 5.91 Å². The summed E-state index contributed by atoms with van der Waals surface area (Å²) in [6.07, 6.45) is -3.68. The van der Waals surface area contributed by atoms with Crippen LogP contribution in [0.5, 0.6) is 0 Å². The fourth-order valence-corrected chi connectivity index (χ4v) is 6.19. The number of halogens is 3. The molecule has 0 saturated carbocycles. The van der Waals surface area contributed by atoms with Crippen LogP contribution < -0.4 is 15.9 Å². The minimum atomic E-state index is -4.44. The molecular formula is C27H33F3N5O2P. The summed E-state index contributed by atoms with van der Waals surface area (Å²) in [4.78, 5) is 22.7. The van der Waals surface area contributed by atoms with E-state index in [9.17, 15) is 22.5 Å². The van der Waals surface area contributed by atoms with Gasteiger partial charge in [-0.05, 0) is 69.8 Å². The summed E-state index contributed by atoms with van der Waals surface area (Å²) in [6, 6.07) is 7.34. The lowest BCUT2D eigenvalue weighted by Crippen LogP contribution is -2.30. The fraction of sp³-hybridized carbons (Fsp3) is 0.444. The van der Waals surface area contributed by atoms with Crippen molar-refractivity contribution in [1.29, 1.82) is 0 Å². The number of benzene rings is 2. The highest BCUT2D eigenvalue weighted by Crippen LogP contribution is 2.41. The Labute approximate surface area is 220 Å². The standard InChI is InChI=1S/C27H33F3N5O2P/c1-15-20(8-7-9-22(15)27(28,29)30)16(2)31-26-21-12-24(34-19-10-11-35(14-19)18(4)36)25(38(5,6)37)13-23(21)32-17(3)33-26/h7-9,12-13,16,19,34H,10-11,14H2,1-6H3,(H,31,32,33)/t16-,19-/m1/s1. The number of anilines is 2. The molecule has 2 aromatic carbocycles. The van der Waals surface area contributed by atoms with Crippen LogP contribution in [0.1, 0.15) is 48.8 Å². The van der Waals surface area contributed by atoms with Crippen molar-refractivity contribution < 1.29 is 22.5 Å². The average molecular weight is 548 g/mol. The molecule has 7 nitrogen and oxygen atoms in total. The quantitative estimate of drug-likeness (QED) is 0.384.